The first-order valence-electron chi connectivity index (χ1n) is 46.2. The van der Waals surface area contributed by atoms with Crippen molar-refractivity contribution < 1.29 is 187 Å². The van der Waals surface area contributed by atoms with Gasteiger partial charge in [-0.2, -0.15) is 0 Å². The number of methoxy groups -OCH3 is 2. The van der Waals surface area contributed by atoms with Crippen molar-refractivity contribution in [1.82, 2.24) is 31.9 Å². The minimum Gasteiger partial charge on any atom is -0.494 e. The zero-order valence-electron chi connectivity index (χ0n) is 84.4. The molecule has 0 aliphatic carbocycles. The molecule has 0 saturated heterocycles. The maximum atomic E-state index is 11.9. The van der Waals surface area contributed by atoms with Crippen LogP contribution in [0.15, 0.2) is 111 Å². The van der Waals surface area contributed by atoms with Gasteiger partial charge in [0.05, 0.1) is 33.4 Å². The van der Waals surface area contributed by atoms with E-state index in [2.05, 4.69) is 70.6 Å². The lowest BCUT2D eigenvalue weighted by Gasteiger charge is -2.15. The number of hydrogen-bond acceptors (Lipinski definition) is 39. The third-order valence-corrected chi connectivity index (χ3v) is 17.3. The molecule has 0 saturated carbocycles. The minimum atomic E-state index is -1.47. The van der Waals surface area contributed by atoms with Crippen LogP contribution in [0.25, 0.3) is 0 Å². The second-order valence-electron chi connectivity index (χ2n) is 31.6. The van der Waals surface area contributed by atoms with Gasteiger partial charge in [-0.3, -0.25) is 86.3 Å². The van der Waals surface area contributed by atoms with Gasteiger partial charge < -0.3 is 118 Å². The van der Waals surface area contributed by atoms with E-state index in [9.17, 15) is 116 Å². The second kappa shape index (κ2) is 82.4. The predicted molar refractivity (Wildman–Crippen MR) is 515 cm³/mol. The lowest BCUT2D eigenvalue weighted by atomic mass is 9.97. The number of ether oxygens (including phenoxy) is 15. The Morgan fingerprint density at radius 3 is 0.806 bits per heavy atom. The van der Waals surface area contributed by atoms with Gasteiger partial charge in [0.25, 0.3) is 0 Å². The highest BCUT2D eigenvalue weighted by molar-refractivity contribution is 6.03. The van der Waals surface area contributed by atoms with Crippen LogP contribution in [0.5, 0.6) is 17.2 Å². The number of aliphatic hydroxyl groups is 3. The number of rotatable bonds is 67. The largest absolute Gasteiger partial charge is 0.494 e. The molecule has 6 amide bonds. The fourth-order valence-corrected chi connectivity index (χ4v) is 10.1. The number of nitrogens with one attached hydrogen (secondary N) is 6. The van der Waals surface area contributed by atoms with Crippen molar-refractivity contribution >= 4 is 124 Å². The normalized spacial score (nSPS) is 10.3. The molecule has 0 aromatic heterocycles. The van der Waals surface area contributed by atoms with Crippen LogP contribution in [-0.4, -0.2) is 302 Å². The average Bonchev–Trinajstić information content (AvgIpc) is 0.856. The number of benzene rings is 3. The minimum absolute atomic E-state index is 0.0108. The van der Waals surface area contributed by atoms with Crippen molar-refractivity contribution in [3.05, 3.63) is 127 Å². The number of carbonyl (C=O) groups is 21. The molecule has 9 N–H and O–H groups in total. The van der Waals surface area contributed by atoms with Gasteiger partial charge in [-0.1, -0.05) is 40.0 Å². The number of carbonyl (C=O) groups excluding carboxylic acids is 21. The molecule has 3 aromatic carbocycles. The smallest absolute Gasteiger partial charge is 0.330 e. The van der Waals surface area contributed by atoms with Crippen LogP contribution in [-0.2, 0) is 143 Å². The summed E-state index contributed by atoms with van der Waals surface area (Å²) < 4.78 is 73.5. The quantitative estimate of drug-likeness (QED) is 0.00831. The summed E-state index contributed by atoms with van der Waals surface area (Å²) in [7, 11) is 2.82. The van der Waals surface area contributed by atoms with Crippen molar-refractivity contribution in [2.75, 3.05) is 146 Å². The topological polar surface area (TPSA) is 630 Å². The first-order valence-corrected chi connectivity index (χ1v) is 46.2. The van der Waals surface area contributed by atoms with Crippen molar-refractivity contribution in [2.45, 2.75) is 208 Å². The second-order valence-corrected chi connectivity index (χ2v) is 31.6. The van der Waals surface area contributed by atoms with Gasteiger partial charge in [-0.15, -0.1) is 0 Å². The number of esters is 11. The molecule has 0 spiro atoms. The summed E-state index contributed by atoms with van der Waals surface area (Å²) in [6.07, 6.45) is 9.99. The Labute approximate surface area is 838 Å². The van der Waals surface area contributed by atoms with E-state index < -0.39 is 125 Å². The van der Waals surface area contributed by atoms with Gasteiger partial charge in [0, 0.05) is 121 Å². The van der Waals surface area contributed by atoms with Gasteiger partial charge in [0.1, 0.15) is 132 Å². The van der Waals surface area contributed by atoms with Crippen LogP contribution in [0, 0.1) is 0 Å². The molecule has 45 nitrogen and oxygen atoms in total. The molecular formula is C99H144N6O39. The number of amides is 6. The van der Waals surface area contributed by atoms with Gasteiger partial charge >= 0.3 is 65.7 Å². The summed E-state index contributed by atoms with van der Waals surface area (Å²) in [4.78, 5) is 237. The molecule has 804 valence electrons. The van der Waals surface area contributed by atoms with E-state index in [4.69, 9.17) is 52.1 Å². The van der Waals surface area contributed by atoms with E-state index in [1.807, 2.05) is 6.92 Å². The van der Waals surface area contributed by atoms with Crippen LogP contribution >= 0.6 is 0 Å². The SMILES string of the molecule is C=CC(=O)OCCOC(=O)CCCCCOC.C=CC(=O)OCCOC(=O)CCCCCOC(=O)CC(=O)NCCNC(=O)CC.C=CC(=O)OCCOC(=O)CCCCCOC(C)=O.CC(=O)CC(=O)NCCNC(=O)CC(=O)OCCOc1ccc(C(=O)C(C)(C)O)cc1.CCCOc1ccc(C(=O)C(C)(C)O)cc1.COC(=O)CC(=O)NCCNC(=O)CC(=O)OCCOc1ccc(C(=O)C(C)(C)O)cc1. The van der Waals surface area contributed by atoms with Crippen LogP contribution in [0.1, 0.15) is 222 Å². The highest BCUT2D eigenvalue weighted by atomic mass is 16.6. The first-order chi connectivity index (χ1) is 68.1. The summed E-state index contributed by atoms with van der Waals surface area (Å²) in [5.74, 6) is -8.11. The molecule has 0 radical (unpaired) electrons. The zero-order valence-corrected chi connectivity index (χ0v) is 84.4. The maximum absolute atomic E-state index is 11.9. The molecule has 0 atom stereocenters. The number of ketones is 4. The Kier molecular flexibility index (Phi) is 76.6. The molecule has 3 aromatic rings. The molecule has 0 fully saturated rings. The van der Waals surface area contributed by atoms with E-state index in [0.29, 0.717) is 99.5 Å². The Morgan fingerprint density at radius 1 is 0.292 bits per heavy atom. The number of Topliss-reactive ketones (excluding diaryl/α,β-unsaturated/α-hetero) is 4. The van der Waals surface area contributed by atoms with Gasteiger partial charge in [-0.05, 0) is 179 Å². The molecule has 3 rings (SSSR count). The van der Waals surface area contributed by atoms with Gasteiger partial charge in [-0.25, -0.2) is 14.4 Å². The highest BCUT2D eigenvalue weighted by Gasteiger charge is 2.28. The van der Waals surface area contributed by atoms with Gasteiger partial charge in [0.15, 0.2) is 17.3 Å². The number of hydrogen-bond donors (Lipinski definition) is 9. The van der Waals surface area contributed by atoms with Crippen molar-refractivity contribution in [2.24, 2.45) is 0 Å². The third kappa shape index (κ3) is 79.5. The van der Waals surface area contributed by atoms with Crippen LogP contribution in [0.3, 0.4) is 0 Å². The van der Waals surface area contributed by atoms with E-state index in [0.717, 1.165) is 62.5 Å². The number of unbranched alkanes of at least 4 members (excludes halogenated alkanes) is 6. The average molecular weight is 2040 g/mol. The van der Waals surface area contributed by atoms with E-state index >= 15 is 0 Å². The molecule has 144 heavy (non-hydrogen) atoms. The lowest BCUT2D eigenvalue weighted by Crippen LogP contribution is -2.36. The molecular weight excluding hydrogens is 1900 g/mol. The van der Waals surface area contributed by atoms with E-state index in [-0.39, 0.29) is 160 Å². The first kappa shape index (κ1) is 134. The van der Waals surface area contributed by atoms with Gasteiger partial charge in [0.2, 0.25) is 35.4 Å². The summed E-state index contributed by atoms with van der Waals surface area (Å²) >= 11 is 0. The van der Waals surface area contributed by atoms with Crippen LogP contribution in [0.4, 0.5) is 0 Å². The summed E-state index contributed by atoms with van der Waals surface area (Å²) in [5, 5.41) is 43.9. The Morgan fingerprint density at radius 2 is 0.542 bits per heavy atom. The monoisotopic (exact) mass is 2040 g/mol. The predicted octanol–water partition coefficient (Wildman–Crippen LogP) is 5.58. The lowest BCUT2D eigenvalue weighted by molar-refractivity contribution is -0.150. The molecule has 0 bridgehead atoms. The third-order valence-electron chi connectivity index (χ3n) is 17.3. The van der Waals surface area contributed by atoms with E-state index in [1.165, 1.54) is 86.8 Å². The molecule has 0 heterocycles. The van der Waals surface area contributed by atoms with Crippen LogP contribution in [0.2, 0.25) is 0 Å². The van der Waals surface area contributed by atoms with Crippen molar-refractivity contribution in [3.8, 4) is 17.2 Å². The van der Waals surface area contributed by atoms with E-state index in [1.54, 1.807) is 62.6 Å². The standard InChI is InChI=1S/C21H28N2O9.C21H28N2O8.C19H30N2O8.C13H20O6.C13H18O3.C12H20O5/c1-21(2,29)20(28)14-4-6-15(7-5-14)31-10-11-32-19(27)13-17(25)23-9-8-22-16(24)12-18(26)30-3;1-14(24)12-17(25)22-8-9-23-18(26)13-19(27)31-11-10-30-16-6-4-15(5-7-16)20(28)21(2,3)29;1-3-15(22)20-9-10-21-16(23)14-19(26)27-11-7-5-6-8-18(25)29-13-12-28-17(24)4-2;1-3-12(15)18-9-10-19-13(16)7-5-4-6-8-17-11(2)14;1-4-9-16-11-7-5-10(6-8-11)12(14)13(2,3)15;1-3-11(13)16-9-10-17-12(14)7-5-4-6-8-15-2/h4-7,29H,8-13H2,1-3H3,(H,22,24)(H,23,25);4-7,29H,8-13H2,1-3H3,(H,22,25)(H,23,26);4H,2-3,5-14H2,1H3,(H,20,22)(H,21,23);3H,1,4-10H2,2H3;5-8,15H,4,9H2,1-3H3;3H,1,4-10H2,2H3. The maximum Gasteiger partial charge on any atom is 0.330 e. The summed E-state index contributed by atoms with van der Waals surface area (Å²) in [6, 6.07) is 19.1. The summed E-state index contributed by atoms with van der Waals surface area (Å²) in [5.41, 5.74) is -3.09. The highest BCUT2D eigenvalue weighted by Crippen LogP contribution is 2.21. The molecule has 0 aliphatic rings. The molecule has 0 aliphatic heterocycles. The summed E-state index contributed by atoms with van der Waals surface area (Å²) in [6.45, 7) is 27.7. The fourth-order valence-electron chi connectivity index (χ4n) is 10.1. The zero-order chi connectivity index (χ0) is 109. The fraction of sp³-hybridized carbons (Fsp3) is 0.545. The van der Waals surface area contributed by atoms with Crippen molar-refractivity contribution in [3.63, 3.8) is 0 Å². The Hall–Kier alpha value is -14.2. The Bertz CT molecular complexity index is 4450. The Balaban J connectivity index is -0.00000169. The molecule has 0 unspecified atom stereocenters. The molecule has 45 heteroatoms. The van der Waals surface area contributed by atoms with Crippen molar-refractivity contribution in [1.29, 1.82) is 0 Å². The van der Waals surface area contributed by atoms with Crippen LogP contribution < -0.4 is 46.1 Å².